The van der Waals surface area contributed by atoms with E-state index in [1.807, 2.05) is 18.2 Å². The molecule has 0 amide bonds. The van der Waals surface area contributed by atoms with E-state index in [1.54, 1.807) is 20.4 Å². The Morgan fingerprint density at radius 1 is 1.20 bits per heavy atom. The van der Waals surface area contributed by atoms with Crippen molar-refractivity contribution in [2.24, 2.45) is 9.98 Å². The third kappa shape index (κ3) is 4.12. The van der Waals surface area contributed by atoms with Gasteiger partial charge in [-0.25, -0.2) is 4.99 Å². The zero-order chi connectivity index (χ0) is 14.2. The number of methoxy groups -OCH3 is 2. The lowest BCUT2D eigenvalue weighted by Gasteiger charge is -2.07. The van der Waals surface area contributed by atoms with E-state index in [4.69, 9.17) is 9.47 Å². The van der Waals surface area contributed by atoms with Crippen LogP contribution in [0, 0.1) is 0 Å². The standard InChI is InChI=1S/C15H19N3O2/c1-19-13-7-5-12(6-8-13)9-11-16-14-4-3-10-17-15(18-14)20-2/h3,5-8,10H,4,9,11H2,1-2H3,(H,16,17,18). The van der Waals surface area contributed by atoms with Gasteiger partial charge >= 0.3 is 0 Å². The summed E-state index contributed by atoms with van der Waals surface area (Å²) in [6, 6.07) is 8.51. The average Bonchev–Trinajstić information content (AvgIpc) is 2.73. The molecule has 1 aliphatic heterocycles. The van der Waals surface area contributed by atoms with E-state index in [1.165, 1.54) is 5.56 Å². The zero-order valence-corrected chi connectivity index (χ0v) is 11.8. The van der Waals surface area contributed by atoms with Gasteiger partial charge in [-0.2, -0.15) is 0 Å². The Kier molecular flexibility index (Phi) is 5.17. The number of benzene rings is 1. The lowest BCUT2D eigenvalue weighted by Crippen LogP contribution is -2.30. The first-order chi connectivity index (χ1) is 9.81. The molecule has 106 valence electrons. The van der Waals surface area contributed by atoms with Crippen molar-refractivity contribution >= 4 is 11.9 Å². The summed E-state index contributed by atoms with van der Waals surface area (Å²) in [5.41, 5.74) is 1.24. The van der Waals surface area contributed by atoms with Crippen molar-refractivity contribution in [2.75, 3.05) is 20.8 Å². The summed E-state index contributed by atoms with van der Waals surface area (Å²) in [6.45, 7) is 0.722. The number of rotatable bonds is 4. The van der Waals surface area contributed by atoms with Crippen LogP contribution in [0.25, 0.3) is 0 Å². The predicted molar refractivity (Wildman–Crippen MR) is 80.3 cm³/mol. The van der Waals surface area contributed by atoms with E-state index >= 15 is 0 Å². The van der Waals surface area contributed by atoms with Gasteiger partial charge in [0.15, 0.2) is 0 Å². The Labute approximate surface area is 119 Å². The first-order valence-corrected chi connectivity index (χ1v) is 6.52. The van der Waals surface area contributed by atoms with Gasteiger partial charge in [-0.15, -0.1) is 0 Å². The maximum absolute atomic E-state index is 5.13. The Balaban J connectivity index is 1.88. The molecule has 0 spiro atoms. The van der Waals surface area contributed by atoms with E-state index in [0.29, 0.717) is 6.02 Å². The summed E-state index contributed by atoms with van der Waals surface area (Å²) in [4.78, 5) is 8.63. The molecule has 1 aliphatic rings. The summed E-state index contributed by atoms with van der Waals surface area (Å²) in [6.07, 6.45) is 5.29. The number of amidine groups is 2. The Hall–Kier alpha value is -2.30. The van der Waals surface area contributed by atoms with Crippen LogP contribution in [-0.2, 0) is 11.2 Å². The van der Waals surface area contributed by atoms with E-state index < -0.39 is 0 Å². The van der Waals surface area contributed by atoms with Crippen LogP contribution in [-0.4, -0.2) is 32.6 Å². The highest BCUT2D eigenvalue weighted by Crippen LogP contribution is 2.11. The van der Waals surface area contributed by atoms with Gasteiger partial charge in [0, 0.05) is 19.2 Å². The van der Waals surface area contributed by atoms with Crippen molar-refractivity contribution in [3.8, 4) is 5.75 Å². The Morgan fingerprint density at radius 3 is 2.70 bits per heavy atom. The Morgan fingerprint density at radius 2 is 2.00 bits per heavy atom. The Bertz CT molecular complexity index is 518. The second kappa shape index (κ2) is 7.33. The summed E-state index contributed by atoms with van der Waals surface area (Å²) in [5.74, 6) is 1.74. The topological polar surface area (TPSA) is 55.2 Å². The first-order valence-electron chi connectivity index (χ1n) is 6.52. The van der Waals surface area contributed by atoms with Crippen molar-refractivity contribution < 1.29 is 9.47 Å². The molecular formula is C15H19N3O2. The van der Waals surface area contributed by atoms with Crippen LogP contribution in [0.1, 0.15) is 12.0 Å². The highest BCUT2D eigenvalue weighted by molar-refractivity contribution is 5.98. The van der Waals surface area contributed by atoms with Crippen LogP contribution in [0.3, 0.4) is 0 Å². The third-order valence-electron chi connectivity index (χ3n) is 2.92. The van der Waals surface area contributed by atoms with Crippen LogP contribution in [0.4, 0.5) is 0 Å². The minimum absolute atomic E-state index is 0.474. The van der Waals surface area contributed by atoms with Crippen LogP contribution >= 0.6 is 0 Å². The molecular weight excluding hydrogens is 254 g/mol. The first kappa shape index (κ1) is 14.1. The fourth-order valence-electron chi connectivity index (χ4n) is 1.81. The molecule has 0 unspecified atom stereocenters. The number of hydrogen-bond donors (Lipinski definition) is 1. The van der Waals surface area contributed by atoms with E-state index in [9.17, 15) is 0 Å². The lowest BCUT2D eigenvalue weighted by atomic mass is 10.1. The molecule has 0 bridgehead atoms. The fraction of sp³-hybridized carbons (Fsp3) is 0.333. The van der Waals surface area contributed by atoms with Gasteiger partial charge in [0.2, 0.25) is 0 Å². The monoisotopic (exact) mass is 273 g/mol. The van der Waals surface area contributed by atoms with Gasteiger partial charge in [0.1, 0.15) is 11.6 Å². The summed E-state index contributed by atoms with van der Waals surface area (Å²) >= 11 is 0. The molecule has 5 nitrogen and oxygen atoms in total. The van der Waals surface area contributed by atoms with E-state index in [2.05, 4.69) is 27.4 Å². The fourth-order valence-corrected chi connectivity index (χ4v) is 1.81. The molecule has 0 saturated carbocycles. The van der Waals surface area contributed by atoms with Crippen molar-refractivity contribution in [1.29, 1.82) is 0 Å². The molecule has 1 aromatic rings. The summed E-state index contributed by atoms with van der Waals surface area (Å²) in [5, 5.41) is 3.07. The smallest absolute Gasteiger partial charge is 0.294 e. The van der Waals surface area contributed by atoms with Gasteiger partial charge in [-0.1, -0.05) is 18.2 Å². The molecule has 1 N–H and O–H groups in total. The number of aliphatic imine (C=N–C) groups is 2. The van der Waals surface area contributed by atoms with Gasteiger partial charge < -0.3 is 9.47 Å². The molecule has 1 heterocycles. The third-order valence-corrected chi connectivity index (χ3v) is 2.92. The van der Waals surface area contributed by atoms with Crippen molar-refractivity contribution in [3.05, 3.63) is 42.1 Å². The normalized spacial score (nSPS) is 16.3. The molecule has 0 saturated heterocycles. The number of nitrogens with one attached hydrogen (secondary N) is 1. The summed E-state index contributed by atoms with van der Waals surface area (Å²) < 4.78 is 10.2. The molecule has 0 radical (unpaired) electrons. The predicted octanol–water partition coefficient (Wildman–Crippen LogP) is 2.15. The molecule has 5 heteroatoms. The minimum Gasteiger partial charge on any atom is -0.497 e. The maximum Gasteiger partial charge on any atom is 0.294 e. The van der Waals surface area contributed by atoms with E-state index in [0.717, 1.165) is 31.0 Å². The van der Waals surface area contributed by atoms with Gasteiger partial charge in [0.05, 0.1) is 14.2 Å². The average molecular weight is 273 g/mol. The second-order valence-electron chi connectivity index (χ2n) is 4.28. The van der Waals surface area contributed by atoms with Crippen molar-refractivity contribution in [3.63, 3.8) is 0 Å². The number of hydrogen-bond acceptors (Lipinski definition) is 4. The molecule has 0 atom stereocenters. The van der Waals surface area contributed by atoms with Crippen molar-refractivity contribution in [2.45, 2.75) is 12.8 Å². The number of nitrogens with zero attached hydrogens (tertiary/aromatic N) is 2. The molecule has 1 aromatic carbocycles. The molecule has 0 fully saturated rings. The van der Waals surface area contributed by atoms with Crippen LogP contribution in [0.5, 0.6) is 5.75 Å². The second-order valence-corrected chi connectivity index (χ2v) is 4.28. The largest absolute Gasteiger partial charge is 0.497 e. The maximum atomic E-state index is 5.13. The van der Waals surface area contributed by atoms with Gasteiger partial charge in [-0.05, 0) is 24.1 Å². The highest BCUT2D eigenvalue weighted by Gasteiger charge is 2.05. The SMILES string of the molecule is COC1=NC=CCC(=NCCc2ccc(OC)cc2)N1. The summed E-state index contributed by atoms with van der Waals surface area (Å²) in [7, 11) is 3.25. The van der Waals surface area contributed by atoms with Crippen LogP contribution in [0.2, 0.25) is 0 Å². The van der Waals surface area contributed by atoms with Crippen molar-refractivity contribution in [1.82, 2.24) is 5.32 Å². The quantitative estimate of drug-likeness (QED) is 0.914. The van der Waals surface area contributed by atoms with E-state index in [-0.39, 0.29) is 0 Å². The van der Waals surface area contributed by atoms with Gasteiger partial charge in [0.25, 0.3) is 6.02 Å². The van der Waals surface area contributed by atoms with Crippen LogP contribution in [0.15, 0.2) is 46.5 Å². The lowest BCUT2D eigenvalue weighted by molar-refractivity contribution is 0.390. The highest BCUT2D eigenvalue weighted by atomic mass is 16.5. The van der Waals surface area contributed by atoms with Crippen LogP contribution < -0.4 is 10.1 Å². The molecule has 20 heavy (non-hydrogen) atoms. The minimum atomic E-state index is 0.474. The number of ether oxygens (including phenoxy) is 2. The molecule has 0 aromatic heterocycles. The van der Waals surface area contributed by atoms with Gasteiger partial charge in [-0.3, -0.25) is 10.3 Å². The molecule has 0 aliphatic carbocycles. The molecule has 2 rings (SSSR count). The zero-order valence-electron chi connectivity index (χ0n) is 11.8.